The molecular formula is C18H30O4. The van der Waals surface area contributed by atoms with Gasteiger partial charge in [-0.05, 0) is 25.3 Å². The Balaban J connectivity index is 3.93. The van der Waals surface area contributed by atoms with Gasteiger partial charge in [0.2, 0.25) is 0 Å². The van der Waals surface area contributed by atoms with Crippen LogP contribution in [0.15, 0.2) is 12.7 Å². The molecule has 0 saturated carbocycles. The van der Waals surface area contributed by atoms with Crippen molar-refractivity contribution in [1.82, 2.24) is 0 Å². The van der Waals surface area contributed by atoms with Crippen LogP contribution < -0.4 is 0 Å². The van der Waals surface area contributed by atoms with Gasteiger partial charge in [0.1, 0.15) is 5.78 Å². The maximum Gasteiger partial charge on any atom is 0.306 e. The topological polar surface area (TPSA) is 60.4 Å². The van der Waals surface area contributed by atoms with Gasteiger partial charge in [-0.15, -0.1) is 0 Å². The fourth-order valence-electron chi connectivity index (χ4n) is 2.35. The minimum Gasteiger partial charge on any atom is -0.466 e. The van der Waals surface area contributed by atoms with Crippen LogP contribution in [0.5, 0.6) is 0 Å². The number of unbranched alkanes of at least 4 members (excludes halogenated alkanes) is 5. The highest BCUT2D eigenvalue weighted by molar-refractivity contribution is 5.90. The van der Waals surface area contributed by atoms with Crippen LogP contribution in [0.2, 0.25) is 0 Å². The minimum absolute atomic E-state index is 0.0226. The summed E-state index contributed by atoms with van der Waals surface area (Å²) in [6.45, 7) is 7.48. The van der Waals surface area contributed by atoms with E-state index in [4.69, 9.17) is 4.74 Å². The van der Waals surface area contributed by atoms with E-state index in [0.29, 0.717) is 6.61 Å². The molecule has 0 amide bonds. The van der Waals surface area contributed by atoms with Gasteiger partial charge in [-0.2, -0.15) is 0 Å². The van der Waals surface area contributed by atoms with Gasteiger partial charge in [-0.25, -0.2) is 0 Å². The quantitative estimate of drug-likeness (QED) is 0.276. The molecule has 0 rings (SSSR count). The maximum absolute atomic E-state index is 11.8. The van der Waals surface area contributed by atoms with Crippen molar-refractivity contribution in [3.05, 3.63) is 12.7 Å². The van der Waals surface area contributed by atoms with Crippen LogP contribution >= 0.6 is 0 Å². The summed E-state index contributed by atoms with van der Waals surface area (Å²) in [6, 6.07) is 0. The summed E-state index contributed by atoms with van der Waals surface area (Å²) in [6.07, 6.45) is 8.57. The van der Waals surface area contributed by atoms with Crippen LogP contribution in [-0.2, 0) is 19.1 Å². The normalized spacial score (nSPS) is 11.7. The molecule has 0 saturated heterocycles. The van der Waals surface area contributed by atoms with Gasteiger partial charge in [0.15, 0.2) is 5.78 Å². The van der Waals surface area contributed by atoms with E-state index >= 15 is 0 Å². The summed E-state index contributed by atoms with van der Waals surface area (Å²) in [7, 11) is 0. The van der Waals surface area contributed by atoms with Gasteiger partial charge in [-0.1, -0.05) is 45.6 Å². The first-order chi connectivity index (χ1) is 10.5. The zero-order chi connectivity index (χ0) is 16.8. The van der Waals surface area contributed by atoms with Gasteiger partial charge >= 0.3 is 5.97 Å². The Morgan fingerprint density at radius 3 is 2.23 bits per heavy atom. The van der Waals surface area contributed by atoms with Crippen molar-refractivity contribution in [2.24, 2.45) is 5.92 Å². The molecule has 0 aromatic carbocycles. The number of carbonyl (C=O) groups excluding carboxylic acids is 3. The summed E-state index contributed by atoms with van der Waals surface area (Å²) < 4.78 is 5.19. The number of hydrogen-bond donors (Lipinski definition) is 0. The molecule has 0 aromatic rings. The van der Waals surface area contributed by atoms with E-state index in [9.17, 15) is 14.4 Å². The predicted octanol–water partition coefficient (Wildman–Crippen LogP) is 4.02. The van der Waals surface area contributed by atoms with Crippen LogP contribution in [0.4, 0.5) is 0 Å². The van der Waals surface area contributed by atoms with Crippen molar-refractivity contribution in [1.29, 1.82) is 0 Å². The van der Waals surface area contributed by atoms with Crippen molar-refractivity contribution in [2.45, 2.75) is 71.6 Å². The first-order valence-electron chi connectivity index (χ1n) is 8.29. The number of ether oxygens (including phenoxy) is 1. The van der Waals surface area contributed by atoms with Crippen molar-refractivity contribution < 1.29 is 19.1 Å². The fraction of sp³-hybridized carbons (Fsp3) is 0.722. The van der Waals surface area contributed by atoms with E-state index in [0.717, 1.165) is 12.8 Å². The maximum atomic E-state index is 11.8. The van der Waals surface area contributed by atoms with Crippen molar-refractivity contribution in [3.8, 4) is 0 Å². The second-order valence-electron chi connectivity index (χ2n) is 5.84. The highest BCUT2D eigenvalue weighted by atomic mass is 16.5. The van der Waals surface area contributed by atoms with E-state index in [2.05, 4.69) is 13.5 Å². The van der Waals surface area contributed by atoms with Crippen LogP contribution in [0, 0.1) is 5.92 Å². The Bertz CT molecular complexity index is 360. The summed E-state index contributed by atoms with van der Waals surface area (Å²) in [4.78, 5) is 34.4. The molecule has 0 radical (unpaired) electrons. The number of allylic oxidation sites excluding steroid dienone is 1. The second-order valence-corrected chi connectivity index (χ2v) is 5.84. The molecular weight excluding hydrogens is 280 g/mol. The molecule has 1 unspecified atom stereocenters. The smallest absolute Gasteiger partial charge is 0.306 e. The molecule has 0 heterocycles. The molecule has 0 aliphatic rings. The largest absolute Gasteiger partial charge is 0.466 e. The van der Waals surface area contributed by atoms with Crippen LogP contribution in [0.3, 0.4) is 0 Å². The molecule has 0 bridgehead atoms. The Morgan fingerprint density at radius 1 is 1.00 bits per heavy atom. The Hall–Kier alpha value is -1.45. The average Bonchev–Trinajstić information content (AvgIpc) is 2.45. The lowest BCUT2D eigenvalue weighted by atomic mass is 9.93. The highest BCUT2D eigenvalue weighted by Gasteiger charge is 2.19. The third-order valence-corrected chi connectivity index (χ3v) is 3.51. The molecule has 4 heteroatoms. The molecule has 4 nitrogen and oxygen atoms in total. The van der Waals surface area contributed by atoms with E-state index in [1.807, 2.05) is 0 Å². The summed E-state index contributed by atoms with van der Waals surface area (Å²) in [5.74, 6) is -0.766. The third-order valence-electron chi connectivity index (χ3n) is 3.51. The molecule has 0 spiro atoms. The van der Waals surface area contributed by atoms with E-state index in [1.165, 1.54) is 38.7 Å². The van der Waals surface area contributed by atoms with Crippen LogP contribution in [0.1, 0.15) is 71.6 Å². The number of esters is 1. The molecule has 1 atom stereocenters. The zero-order valence-electron chi connectivity index (χ0n) is 14.1. The molecule has 0 N–H and O–H groups in total. The van der Waals surface area contributed by atoms with Gasteiger partial charge in [0.05, 0.1) is 6.61 Å². The van der Waals surface area contributed by atoms with Crippen molar-refractivity contribution in [3.63, 3.8) is 0 Å². The number of ketones is 2. The van der Waals surface area contributed by atoms with Gasteiger partial charge in [0, 0.05) is 19.3 Å². The lowest BCUT2D eigenvalue weighted by Gasteiger charge is -2.13. The van der Waals surface area contributed by atoms with E-state index in [1.54, 1.807) is 0 Å². The zero-order valence-corrected chi connectivity index (χ0v) is 14.1. The van der Waals surface area contributed by atoms with Gasteiger partial charge in [0.25, 0.3) is 0 Å². The fourth-order valence-corrected chi connectivity index (χ4v) is 2.35. The number of hydrogen-bond acceptors (Lipinski definition) is 4. The number of rotatable bonds is 14. The molecule has 126 valence electrons. The van der Waals surface area contributed by atoms with Gasteiger partial charge < -0.3 is 9.53 Å². The van der Waals surface area contributed by atoms with Crippen LogP contribution in [-0.4, -0.2) is 24.1 Å². The Kier molecular flexibility index (Phi) is 12.4. The van der Waals surface area contributed by atoms with Gasteiger partial charge in [-0.3, -0.25) is 9.59 Å². The highest BCUT2D eigenvalue weighted by Crippen LogP contribution is 2.16. The van der Waals surface area contributed by atoms with E-state index < -0.39 is 0 Å². The molecule has 0 aliphatic carbocycles. The molecule has 22 heavy (non-hydrogen) atoms. The van der Waals surface area contributed by atoms with E-state index in [-0.39, 0.29) is 42.7 Å². The molecule has 0 aromatic heterocycles. The standard InChI is InChI=1S/C18H30O4/c1-4-6-7-8-9-10-11-22-18(21)14-16(12-15(3)19)13-17(20)5-2/h5,16H,2,4,6-14H2,1,3H3. The summed E-state index contributed by atoms with van der Waals surface area (Å²) in [5.41, 5.74) is 0. The number of Topliss-reactive ketones (excluding diaryl/α,β-unsaturated/α-hetero) is 1. The SMILES string of the molecule is C=CC(=O)CC(CC(C)=O)CC(=O)OCCCCCCCC. The number of carbonyl (C=O) groups is 3. The monoisotopic (exact) mass is 310 g/mol. The van der Waals surface area contributed by atoms with Crippen molar-refractivity contribution >= 4 is 17.5 Å². The first kappa shape index (κ1) is 20.6. The summed E-state index contributed by atoms with van der Waals surface area (Å²) in [5, 5.41) is 0. The lowest BCUT2D eigenvalue weighted by molar-refractivity contribution is -0.145. The summed E-state index contributed by atoms with van der Waals surface area (Å²) >= 11 is 0. The second kappa shape index (κ2) is 13.2. The Morgan fingerprint density at radius 2 is 1.64 bits per heavy atom. The molecule has 0 fully saturated rings. The van der Waals surface area contributed by atoms with Crippen molar-refractivity contribution in [2.75, 3.05) is 6.61 Å². The van der Waals surface area contributed by atoms with Crippen LogP contribution in [0.25, 0.3) is 0 Å². The third kappa shape index (κ3) is 12.3. The Labute approximate surface area is 134 Å². The molecule has 0 aliphatic heterocycles. The predicted molar refractivity (Wildman–Crippen MR) is 87.6 cm³/mol. The first-order valence-corrected chi connectivity index (χ1v) is 8.29. The lowest BCUT2D eigenvalue weighted by Crippen LogP contribution is -2.17. The average molecular weight is 310 g/mol. The minimum atomic E-state index is -0.323.